The van der Waals surface area contributed by atoms with Gasteiger partial charge in [0.25, 0.3) is 0 Å². The molecule has 8 heteroatoms. The van der Waals surface area contributed by atoms with E-state index < -0.39 is 0 Å². The van der Waals surface area contributed by atoms with Gasteiger partial charge < -0.3 is 24.7 Å². The maximum atomic E-state index is 5.48. The van der Waals surface area contributed by atoms with E-state index in [1.54, 1.807) is 13.4 Å². The van der Waals surface area contributed by atoms with Crippen molar-refractivity contribution in [2.75, 3.05) is 40.0 Å². The van der Waals surface area contributed by atoms with Crippen LogP contribution in [0.15, 0.2) is 11.3 Å². The standard InChI is InChI=1S/C14H28N6O2/c1-4-5-7-21-9-10-22-8-6-16-14(15-2)17-11-13-19-18-12-20(13)3/h12H,4-11H2,1-3H3,(H2,15,16,17). The number of ether oxygens (including phenoxy) is 2. The Balaban J connectivity index is 2.01. The van der Waals surface area contributed by atoms with E-state index in [2.05, 4.69) is 32.7 Å². The lowest BCUT2D eigenvalue weighted by atomic mass is 10.4. The lowest BCUT2D eigenvalue weighted by Gasteiger charge is -2.11. The van der Waals surface area contributed by atoms with Crippen molar-refractivity contribution in [3.8, 4) is 0 Å². The molecule has 0 unspecified atom stereocenters. The number of hydrogen-bond donors (Lipinski definition) is 2. The summed E-state index contributed by atoms with van der Waals surface area (Å²) in [6.07, 6.45) is 3.93. The zero-order valence-corrected chi connectivity index (χ0v) is 13.8. The maximum Gasteiger partial charge on any atom is 0.191 e. The summed E-state index contributed by atoms with van der Waals surface area (Å²) < 4.78 is 12.8. The Hall–Kier alpha value is -1.67. The van der Waals surface area contributed by atoms with Crippen LogP contribution in [0.2, 0.25) is 0 Å². The molecule has 0 radical (unpaired) electrons. The molecule has 0 saturated carbocycles. The Morgan fingerprint density at radius 3 is 2.64 bits per heavy atom. The molecule has 8 nitrogen and oxygen atoms in total. The van der Waals surface area contributed by atoms with Gasteiger partial charge in [0, 0.05) is 27.2 Å². The summed E-state index contributed by atoms with van der Waals surface area (Å²) in [7, 11) is 3.64. The monoisotopic (exact) mass is 312 g/mol. The molecule has 0 atom stereocenters. The van der Waals surface area contributed by atoms with Gasteiger partial charge in [0.1, 0.15) is 6.33 Å². The fourth-order valence-electron chi connectivity index (χ4n) is 1.66. The van der Waals surface area contributed by atoms with Crippen LogP contribution in [0, 0.1) is 0 Å². The van der Waals surface area contributed by atoms with E-state index in [0.29, 0.717) is 38.9 Å². The van der Waals surface area contributed by atoms with Gasteiger partial charge in [0.15, 0.2) is 11.8 Å². The van der Waals surface area contributed by atoms with Gasteiger partial charge in [-0.15, -0.1) is 10.2 Å². The number of aliphatic imine (C=N–C) groups is 1. The summed E-state index contributed by atoms with van der Waals surface area (Å²) in [6.45, 7) is 6.11. The highest BCUT2D eigenvalue weighted by atomic mass is 16.5. The molecule has 0 aromatic carbocycles. The number of nitrogens with one attached hydrogen (secondary N) is 2. The van der Waals surface area contributed by atoms with Crippen molar-refractivity contribution in [3.63, 3.8) is 0 Å². The highest BCUT2D eigenvalue weighted by Gasteiger charge is 2.02. The van der Waals surface area contributed by atoms with Crippen LogP contribution < -0.4 is 10.6 Å². The molecule has 0 bridgehead atoms. The smallest absolute Gasteiger partial charge is 0.191 e. The Labute approximate surface area is 132 Å². The molecule has 2 N–H and O–H groups in total. The molecular weight excluding hydrogens is 284 g/mol. The van der Waals surface area contributed by atoms with E-state index >= 15 is 0 Å². The summed E-state index contributed by atoms with van der Waals surface area (Å²) in [6, 6.07) is 0. The van der Waals surface area contributed by atoms with Crippen molar-refractivity contribution in [2.45, 2.75) is 26.3 Å². The first-order valence-corrected chi connectivity index (χ1v) is 7.70. The first-order chi connectivity index (χ1) is 10.8. The second kappa shape index (κ2) is 11.9. The van der Waals surface area contributed by atoms with Gasteiger partial charge >= 0.3 is 0 Å². The van der Waals surface area contributed by atoms with Crippen molar-refractivity contribution < 1.29 is 9.47 Å². The Kier molecular flexibility index (Phi) is 9.97. The normalized spacial score (nSPS) is 11.7. The van der Waals surface area contributed by atoms with E-state index in [1.807, 2.05) is 11.6 Å². The molecule has 0 saturated heterocycles. The van der Waals surface area contributed by atoms with Crippen molar-refractivity contribution in [1.82, 2.24) is 25.4 Å². The molecule has 1 heterocycles. The van der Waals surface area contributed by atoms with Crippen LogP contribution in [0.25, 0.3) is 0 Å². The van der Waals surface area contributed by atoms with Gasteiger partial charge in [-0.25, -0.2) is 0 Å². The van der Waals surface area contributed by atoms with Gasteiger partial charge in [-0.3, -0.25) is 4.99 Å². The molecular formula is C14H28N6O2. The summed E-state index contributed by atoms with van der Waals surface area (Å²) in [5.41, 5.74) is 0. The van der Waals surface area contributed by atoms with E-state index in [9.17, 15) is 0 Å². The predicted octanol–water partition coefficient (Wildman–Crippen LogP) is 0.313. The second-order valence-corrected chi connectivity index (χ2v) is 4.79. The molecule has 0 aliphatic rings. The Morgan fingerprint density at radius 1 is 1.23 bits per heavy atom. The third-order valence-corrected chi connectivity index (χ3v) is 3.00. The molecule has 1 aromatic heterocycles. The van der Waals surface area contributed by atoms with E-state index in [-0.39, 0.29) is 0 Å². The van der Waals surface area contributed by atoms with E-state index in [4.69, 9.17) is 9.47 Å². The number of aryl methyl sites for hydroxylation is 1. The first kappa shape index (κ1) is 18.4. The quantitative estimate of drug-likeness (QED) is 0.347. The lowest BCUT2D eigenvalue weighted by Crippen LogP contribution is -2.39. The number of aromatic nitrogens is 3. The number of unbranched alkanes of at least 4 members (excludes halogenated alkanes) is 1. The first-order valence-electron chi connectivity index (χ1n) is 7.70. The van der Waals surface area contributed by atoms with Crippen molar-refractivity contribution in [2.24, 2.45) is 12.0 Å². The topological polar surface area (TPSA) is 85.6 Å². The number of guanidine groups is 1. The molecule has 1 rings (SSSR count). The van der Waals surface area contributed by atoms with Gasteiger partial charge in [-0.05, 0) is 6.42 Å². The Morgan fingerprint density at radius 2 is 2.00 bits per heavy atom. The fourth-order valence-corrected chi connectivity index (χ4v) is 1.66. The number of rotatable bonds is 11. The van der Waals surface area contributed by atoms with Gasteiger partial charge in [0.2, 0.25) is 0 Å². The molecule has 0 aliphatic carbocycles. The van der Waals surface area contributed by atoms with Crippen molar-refractivity contribution in [1.29, 1.82) is 0 Å². The summed E-state index contributed by atoms with van der Waals surface area (Å²) in [5.74, 6) is 1.56. The number of nitrogens with zero attached hydrogens (tertiary/aromatic N) is 4. The van der Waals surface area contributed by atoms with Crippen molar-refractivity contribution >= 4 is 5.96 Å². The zero-order chi connectivity index (χ0) is 16.0. The second-order valence-electron chi connectivity index (χ2n) is 4.79. The van der Waals surface area contributed by atoms with Gasteiger partial charge in [0.05, 0.1) is 26.4 Å². The summed E-state index contributed by atoms with van der Waals surface area (Å²) in [4.78, 5) is 4.14. The zero-order valence-electron chi connectivity index (χ0n) is 13.8. The minimum Gasteiger partial charge on any atom is -0.379 e. The number of hydrogen-bond acceptors (Lipinski definition) is 5. The molecule has 126 valence electrons. The predicted molar refractivity (Wildman–Crippen MR) is 85.8 cm³/mol. The van der Waals surface area contributed by atoms with Crippen molar-refractivity contribution in [3.05, 3.63) is 12.2 Å². The van der Waals surface area contributed by atoms with Crippen LogP contribution in [0.1, 0.15) is 25.6 Å². The summed E-state index contributed by atoms with van der Waals surface area (Å²) in [5, 5.41) is 14.2. The third-order valence-electron chi connectivity index (χ3n) is 3.00. The average molecular weight is 312 g/mol. The van der Waals surface area contributed by atoms with Crippen LogP contribution in [0.3, 0.4) is 0 Å². The van der Waals surface area contributed by atoms with Crippen LogP contribution in [-0.4, -0.2) is 60.7 Å². The molecule has 0 fully saturated rings. The lowest BCUT2D eigenvalue weighted by molar-refractivity contribution is 0.0487. The fraction of sp³-hybridized carbons (Fsp3) is 0.786. The van der Waals surface area contributed by atoms with Crippen LogP contribution in [-0.2, 0) is 23.1 Å². The molecule has 0 aliphatic heterocycles. The molecule has 0 spiro atoms. The average Bonchev–Trinajstić information content (AvgIpc) is 2.94. The van der Waals surface area contributed by atoms with E-state index in [0.717, 1.165) is 25.3 Å². The maximum absolute atomic E-state index is 5.48. The minimum absolute atomic E-state index is 0.572. The molecule has 0 amide bonds. The van der Waals surface area contributed by atoms with Crippen LogP contribution in [0.5, 0.6) is 0 Å². The SMILES string of the molecule is CCCCOCCOCCNC(=NC)NCc1nncn1C. The minimum atomic E-state index is 0.572. The Bertz CT molecular complexity index is 421. The highest BCUT2D eigenvalue weighted by Crippen LogP contribution is 1.90. The third kappa shape index (κ3) is 7.94. The highest BCUT2D eigenvalue weighted by molar-refractivity contribution is 5.79. The van der Waals surface area contributed by atoms with Gasteiger partial charge in [-0.1, -0.05) is 13.3 Å². The summed E-state index contributed by atoms with van der Waals surface area (Å²) >= 11 is 0. The molecule has 22 heavy (non-hydrogen) atoms. The van der Waals surface area contributed by atoms with E-state index in [1.165, 1.54) is 0 Å². The van der Waals surface area contributed by atoms with Crippen LogP contribution >= 0.6 is 0 Å². The molecule has 1 aromatic rings. The largest absolute Gasteiger partial charge is 0.379 e. The van der Waals surface area contributed by atoms with Gasteiger partial charge in [-0.2, -0.15) is 0 Å². The van der Waals surface area contributed by atoms with Crippen LogP contribution in [0.4, 0.5) is 0 Å².